The predicted molar refractivity (Wildman–Crippen MR) is 64.9 cm³/mol. The van der Waals surface area contributed by atoms with E-state index in [-0.39, 0.29) is 18.6 Å². The van der Waals surface area contributed by atoms with E-state index in [1.165, 1.54) is 30.8 Å². The quantitative estimate of drug-likeness (QED) is 0.822. The van der Waals surface area contributed by atoms with Crippen LogP contribution in [0.4, 0.5) is 5.69 Å². The summed E-state index contributed by atoms with van der Waals surface area (Å²) in [6.07, 6.45) is 2.50. The van der Waals surface area contributed by atoms with Gasteiger partial charge in [0.15, 0.2) is 0 Å². The van der Waals surface area contributed by atoms with E-state index in [9.17, 15) is 0 Å². The van der Waals surface area contributed by atoms with Crippen LogP contribution in [0.5, 0.6) is 0 Å². The number of halogens is 1. The minimum atomic E-state index is 0. The van der Waals surface area contributed by atoms with Gasteiger partial charge in [-0.1, -0.05) is 25.1 Å². The van der Waals surface area contributed by atoms with Crippen LogP contribution < -0.4 is 11.1 Å². The van der Waals surface area contributed by atoms with Gasteiger partial charge in [-0.05, 0) is 24.5 Å². The molecular weight excluding hydrogens is 196 g/mol. The lowest BCUT2D eigenvalue weighted by atomic mass is 10.1. The van der Waals surface area contributed by atoms with Crippen LogP contribution in [0.25, 0.3) is 0 Å². The van der Waals surface area contributed by atoms with E-state index in [1.54, 1.807) is 0 Å². The van der Waals surface area contributed by atoms with E-state index in [4.69, 9.17) is 0 Å². The Balaban J connectivity index is 0.000000845. The number of aryl methyl sites for hydroxylation is 1. The lowest BCUT2D eigenvalue weighted by molar-refractivity contribution is 0.615. The molecule has 1 aromatic rings. The molecule has 0 spiro atoms. The van der Waals surface area contributed by atoms with Gasteiger partial charge in [-0.3, -0.25) is 0 Å². The van der Waals surface area contributed by atoms with Crippen LogP contribution in [0, 0.1) is 0 Å². The first kappa shape index (κ1) is 13.3. The van der Waals surface area contributed by atoms with Gasteiger partial charge in [0.2, 0.25) is 0 Å². The van der Waals surface area contributed by atoms with Crippen LogP contribution in [-0.4, -0.2) is 13.1 Å². The number of hydrogen-bond acceptors (Lipinski definition) is 2. The van der Waals surface area contributed by atoms with Crippen molar-refractivity contribution in [2.24, 2.45) is 0 Å². The number of benzene rings is 1. The Morgan fingerprint density at radius 1 is 1.21 bits per heavy atom. The summed E-state index contributed by atoms with van der Waals surface area (Å²) in [5, 5.41) is 0. The summed E-state index contributed by atoms with van der Waals surface area (Å²) in [4.78, 5) is 2.46. The third-order valence-corrected chi connectivity index (χ3v) is 2.57. The third kappa shape index (κ3) is 2.40. The highest BCUT2D eigenvalue weighted by atomic mass is 35.5. The summed E-state index contributed by atoms with van der Waals surface area (Å²) < 4.78 is 0. The molecule has 0 aliphatic carbocycles. The standard InChI is InChI=1S/C11H15N.ClH.H3N/c1-2-10-6-3-4-7-11(10)12-8-5-9-12;;/h3-4,6-7H,2,5,8-9H2,1H3;1H;1H3. The molecule has 1 aromatic carbocycles. The first-order valence-electron chi connectivity index (χ1n) is 4.74. The van der Waals surface area contributed by atoms with Crippen molar-refractivity contribution in [1.29, 1.82) is 0 Å². The highest BCUT2D eigenvalue weighted by molar-refractivity contribution is 5.85. The number of anilines is 1. The summed E-state index contributed by atoms with van der Waals surface area (Å²) in [6.45, 7) is 4.71. The average molecular weight is 215 g/mol. The molecule has 2 rings (SSSR count). The second kappa shape index (κ2) is 5.89. The monoisotopic (exact) mass is 214 g/mol. The number of para-hydroxylation sites is 1. The van der Waals surface area contributed by atoms with Crippen LogP contribution in [-0.2, 0) is 6.42 Å². The van der Waals surface area contributed by atoms with Gasteiger partial charge in [0.25, 0.3) is 0 Å². The molecule has 2 nitrogen and oxygen atoms in total. The Kier molecular flexibility index (Phi) is 5.58. The molecule has 0 amide bonds. The molecule has 1 fully saturated rings. The maximum absolute atomic E-state index is 2.46. The average Bonchev–Trinajstić information content (AvgIpc) is 2.02. The number of nitrogens with zero attached hydrogens (tertiary/aromatic N) is 1. The minimum Gasteiger partial charge on any atom is -0.371 e. The van der Waals surface area contributed by atoms with E-state index in [0.29, 0.717) is 0 Å². The van der Waals surface area contributed by atoms with Crippen LogP contribution >= 0.6 is 12.4 Å². The van der Waals surface area contributed by atoms with Crippen molar-refractivity contribution in [3.05, 3.63) is 29.8 Å². The summed E-state index contributed by atoms with van der Waals surface area (Å²) in [5.74, 6) is 0. The summed E-state index contributed by atoms with van der Waals surface area (Å²) in [5.41, 5.74) is 2.93. The van der Waals surface area contributed by atoms with Gasteiger partial charge in [0.05, 0.1) is 0 Å². The van der Waals surface area contributed by atoms with Crippen LogP contribution in [0.3, 0.4) is 0 Å². The molecule has 1 heterocycles. The lowest BCUT2D eigenvalue weighted by Gasteiger charge is -2.34. The minimum absolute atomic E-state index is 0. The number of rotatable bonds is 2. The van der Waals surface area contributed by atoms with Gasteiger partial charge in [0.1, 0.15) is 0 Å². The van der Waals surface area contributed by atoms with Gasteiger partial charge in [-0.25, -0.2) is 0 Å². The summed E-state index contributed by atoms with van der Waals surface area (Å²) >= 11 is 0. The largest absolute Gasteiger partial charge is 0.371 e. The van der Waals surface area contributed by atoms with Crippen molar-refractivity contribution in [1.82, 2.24) is 6.15 Å². The third-order valence-electron chi connectivity index (χ3n) is 2.57. The van der Waals surface area contributed by atoms with E-state index in [2.05, 4.69) is 36.1 Å². The van der Waals surface area contributed by atoms with Gasteiger partial charge in [0, 0.05) is 18.8 Å². The molecule has 0 aromatic heterocycles. The van der Waals surface area contributed by atoms with E-state index in [0.717, 1.165) is 6.42 Å². The Hall–Kier alpha value is -0.730. The van der Waals surface area contributed by atoms with Crippen molar-refractivity contribution in [3.63, 3.8) is 0 Å². The van der Waals surface area contributed by atoms with Crippen LogP contribution in [0.15, 0.2) is 24.3 Å². The highest BCUT2D eigenvalue weighted by Gasteiger charge is 2.15. The smallest absolute Gasteiger partial charge is 0.0398 e. The van der Waals surface area contributed by atoms with Crippen LogP contribution in [0.1, 0.15) is 18.9 Å². The van der Waals surface area contributed by atoms with Gasteiger partial charge in [-0.2, -0.15) is 0 Å². The Bertz CT molecular complexity index is 272. The first-order chi connectivity index (χ1) is 5.92. The predicted octanol–water partition coefficient (Wildman–Crippen LogP) is 3.04. The van der Waals surface area contributed by atoms with Crippen molar-refractivity contribution >= 4 is 18.1 Å². The fourth-order valence-corrected chi connectivity index (χ4v) is 1.68. The van der Waals surface area contributed by atoms with Crippen molar-refractivity contribution in [2.45, 2.75) is 19.8 Å². The maximum atomic E-state index is 2.46. The Morgan fingerprint density at radius 3 is 2.36 bits per heavy atom. The molecule has 0 bridgehead atoms. The second-order valence-corrected chi connectivity index (χ2v) is 3.32. The van der Waals surface area contributed by atoms with Gasteiger partial charge >= 0.3 is 0 Å². The Morgan fingerprint density at radius 2 is 1.86 bits per heavy atom. The molecule has 0 unspecified atom stereocenters. The molecule has 80 valence electrons. The summed E-state index contributed by atoms with van der Waals surface area (Å²) in [7, 11) is 0. The number of hydrogen-bond donors (Lipinski definition) is 1. The molecule has 0 atom stereocenters. The second-order valence-electron chi connectivity index (χ2n) is 3.32. The molecule has 14 heavy (non-hydrogen) atoms. The fraction of sp³-hybridized carbons (Fsp3) is 0.455. The molecule has 0 saturated carbocycles. The topological polar surface area (TPSA) is 38.2 Å². The molecule has 1 aliphatic rings. The zero-order valence-corrected chi connectivity index (χ0v) is 9.52. The van der Waals surface area contributed by atoms with Crippen molar-refractivity contribution in [3.8, 4) is 0 Å². The van der Waals surface area contributed by atoms with Crippen molar-refractivity contribution < 1.29 is 0 Å². The normalized spacial score (nSPS) is 13.6. The summed E-state index contributed by atoms with van der Waals surface area (Å²) in [6, 6.07) is 8.72. The zero-order chi connectivity index (χ0) is 8.39. The SMILES string of the molecule is CCc1ccccc1N1CCC1.Cl.N. The van der Waals surface area contributed by atoms with Crippen LogP contribution in [0.2, 0.25) is 0 Å². The maximum Gasteiger partial charge on any atom is 0.0398 e. The zero-order valence-electron chi connectivity index (χ0n) is 8.70. The molecule has 3 N–H and O–H groups in total. The lowest BCUT2D eigenvalue weighted by Crippen LogP contribution is -2.37. The van der Waals surface area contributed by atoms with E-state index in [1.807, 2.05) is 0 Å². The van der Waals surface area contributed by atoms with Gasteiger partial charge < -0.3 is 11.1 Å². The molecule has 1 aliphatic heterocycles. The fourth-order valence-electron chi connectivity index (χ4n) is 1.68. The first-order valence-corrected chi connectivity index (χ1v) is 4.74. The molecule has 3 heteroatoms. The molecule has 1 saturated heterocycles. The highest BCUT2D eigenvalue weighted by Crippen LogP contribution is 2.24. The van der Waals surface area contributed by atoms with Gasteiger partial charge in [-0.15, -0.1) is 12.4 Å². The molecular formula is C11H19ClN2. The van der Waals surface area contributed by atoms with E-state index < -0.39 is 0 Å². The van der Waals surface area contributed by atoms with Crippen molar-refractivity contribution in [2.75, 3.05) is 18.0 Å². The molecule has 0 radical (unpaired) electrons. The van der Waals surface area contributed by atoms with E-state index >= 15 is 0 Å². The Labute approximate surface area is 92.3 Å².